The standard InChI is InChI=1S/C26H24FN3O4S/c1-16-20-13-23(35-25(20)30(29-16)19-5-3-18(27)4-6-19)24(31)28-14-26(8-10-32-11-9-26)17-2-7-21-22(12-17)34-15-33-21/h2-7,12-13H,8-11,14-15H2,1H3,(H,28,31). The van der Waals surface area contributed by atoms with Crippen molar-refractivity contribution < 1.29 is 23.4 Å². The Morgan fingerprint density at radius 2 is 1.89 bits per heavy atom. The summed E-state index contributed by atoms with van der Waals surface area (Å²) in [4.78, 5) is 14.7. The Labute approximate surface area is 205 Å². The van der Waals surface area contributed by atoms with E-state index in [1.165, 1.54) is 23.5 Å². The maximum absolute atomic E-state index is 13.4. The Morgan fingerprint density at radius 3 is 2.69 bits per heavy atom. The number of ether oxygens (including phenoxy) is 3. The molecule has 9 heteroatoms. The molecule has 0 unspecified atom stereocenters. The maximum atomic E-state index is 13.4. The van der Waals surface area contributed by atoms with E-state index in [-0.39, 0.29) is 23.9 Å². The van der Waals surface area contributed by atoms with E-state index >= 15 is 0 Å². The highest BCUT2D eigenvalue weighted by atomic mass is 32.1. The van der Waals surface area contributed by atoms with Gasteiger partial charge in [0, 0.05) is 30.6 Å². The largest absolute Gasteiger partial charge is 0.454 e. The topological polar surface area (TPSA) is 74.6 Å². The van der Waals surface area contributed by atoms with E-state index in [0.717, 1.165) is 51.5 Å². The van der Waals surface area contributed by atoms with Crippen molar-refractivity contribution in [2.75, 3.05) is 26.6 Å². The number of rotatable bonds is 5. The van der Waals surface area contributed by atoms with Gasteiger partial charge in [-0.1, -0.05) is 6.07 Å². The molecule has 2 aromatic carbocycles. The Balaban J connectivity index is 1.26. The molecule has 0 radical (unpaired) electrons. The Hall–Kier alpha value is -3.43. The third kappa shape index (κ3) is 3.94. The van der Waals surface area contributed by atoms with Crippen LogP contribution in [0.5, 0.6) is 11.5 Å². The zero-order chi connectivity index (χ0) is 24.0. The lowest BCUT2D eigenvalue weighted by molar-refractivity contribution is 0.0487. The molecular weight excluding hydrogens is 469 g/mol. The van der Waals surface area contributed by atoms with Crippen molar-refractivity contribution in [3.05, 3.63) is 70.5 Å². The van der Waals surface area contributed by atoms with Crippen molar-refractivity contribution in [2.45, 2.75) is 25.2 Å². The molecule has 1 saturated heterocycles. The van der Waals surface area contributed by atoms with Crippen LogP contribution < -0.4 is 14.8 Å². The number of nitrogens with one attached hydrogen (secondary N) is 1. The monoisotopic (exact) mass is 493 g/mol. The molecule has 4 heterocycles. The lowest BCUT2D eigenvalue weighted by Gasteiger charge is -2.38. The summed E-state index contributed by atoms with van der Waals surface area (Å²) >= 11 is 1.38. The molecule has 180 valence electrons. The first-order valence-corrected chi connectivity index (χ1v) is 12.4. The molecule has 0 bridgehead atoms. The molecule has 35 heavy (non-hydrogen) atoms. The van der Waals surface area contributed by atoms with Crippen molar-refractivity contribution in [3.8, 4) is 17.2 Å². The van der Waals surface area contributed by atoms with Crippen LogP contribution in [-0.4, -0.2) is 42.2 Å². The second-order valence-electron chi connectivity index (χ2n) is 8.95. The van der Waals surface area contributed by atoms with E-state index in [1.807, 2.05) is 25.1 Å². The molecule has 1 fully saturated rings. The molecule has 2 aliphatic rings. The number of hydrogen-bond acceptors (Lipinski definition) is 6. The molecule has 0 saturated carbocycles. The van der Waals surface area contributed by atoms with E-state index in [1.54, 1.807) is 16.8 Å². The van der Waals surface area contributed by atoms with Gasteiger partial charge in [-0.15, -0.1) is 11.3 Å². The summed E-state index contributed by atoms with van der Waals surface area (Å²) in [6.07, 6.45) is 1.61. The first kappa shape index (κ1) is 22.1. The number of aryl methyl sites for hydroxylation is 1. The fourth-order valence-corrected chi connectivity index (χ4v) is 5.91. The number of amides is 1. The fraction of sp³-hybridized carbons (Fsp3) is 0.308. The van der Waals surface area contributed by atoms with Gasteiger partial charge in [0.25, 0.3) is 5.91 Å². The van der Waals surface area contributed by atoms with Gasteiger partial charge in [-0.05, 0) is 67.8 Å². The fourth-order valence-electron chi connectivity index (χ4n) is 4.81. The van der Waals surface area contributed by atoms with Crippen LogP contribution in [0.25, 0.3) is 15.9 Å². The molecule has 7 nitrogen and oxygen atoms in total. The summed E-state index contributed by atoms with van der Waals surface area (Å²) in [5.41, 5.74) is 2.44. The molecule has 6 rings (SSSR count). The number of carbonyl (C=O) groups excluding carboxylic acids is 1. The summed E-state index contributed by atoms with van der Waals surface area (Å²) in [5, 5.41) is 8.68. The Morgan fingerprint density at radius 1 is 1.11 bits per heavy atom. The molecular formula is C26H24FN3O4S. The van der Waals surface area contributed by atoms with Crippen molar-refractivity contribution in [1.82, 2.24) is 15.1 Å². The first-order valence-electron chi connectivity index (χ1n) is 11.5. The van der Waals surface area contributed by atoms with E-state index in [2.05, 4.69) is 16.5 Å². The van der Waals surface area contributed by atoms with Gasteiger partial charge in [0.05, 0.1) is 16.3 Å². The molecule has 1 N–H and O–H groups in total. The zero-order valence-electron chi connectivity index (χ0n) is 19.2. The molecule has 2 aliphatic heterocycles. The molecule has 4 aromatic rings. The number of halogens is 1. The molecule has 0 spiro atoms. The van der Waals surface area contributed by atoms with Crippen LogP contribution >= 0.6 is 11.3 Å². The van der Waals surface area contributed by atoms with E-state index < -0.39 is 0 Å². The molecule has 2 aromatic heterocycles. The summed E-state index contributed by atoms with van der Waals surface area (Å²) in [7, 11) is 0. The second-order valence-corrected chi connectivity index (χ2v) is 9.98. The van der Waals surface area contributed by atoms with Gasteiger partial charge in [0.15, 0.2) is 11.5 Å². The van der Waals surface area contributed by atoms with Crippen LogP contribution in [0, 0.1) is 12.7 Å². The minimum Gasteiger partial charge on any atom is -0.454 e. The third-order valence-corrected chi connectivity index (χ3v) is 7.97. The van der Waals surface area contributed by atoms with Gasteiger partial charge in [-0.2, -0.15) is 5.10 Å². The number of hydrogen-bond donors (Lipinski definition) is 1. The predicted molar refractivity (Wildman–Crippen MR) is 130 cm³/mol. The second kappa shape index (κ2) is 8.66. The van der Waals surface area contributed by atoms with Crippen LogP contribution in [0.4, 0.5) is 4.39 Å². The smallest absolute Gasteiger partial charge is 0.261 e. The van der Waals surface area contributed by atoms with Crippen LogP contribution in [0.15, 0.2) is 48.5 Å². The van der Waals surface area contributed by atoms with Crippen LogP contribution in [-0.2, 0) is 10.2 Å². The quantitative estimate of drug-likeness (QED) is 0.435. The number of thiophene rings is 1. The van der Waals surface area contributed by atoms with Crippen molar-refractivity contribution >= 4 is 27.5 Å². The molecule has 1 amide bonds. The van der Waals surface area contributed by atoms with E-state index in [9.17, 15) is 9.18 Å². The van der Waals surface area contributed by atoms with Gasteiger partial charge in [0.1, 0.15) is 10.6 Å². The normalized spacial score (nSPS) is 16.5. The lowest BCUT2D eigenvalue weighted by atomic mass is 9.74. The highest BCUT2D eigenvalue weighted by Gasteiger charge is 2.36. The number of aromatic nitrogens is 2. The highest BCUT2D eigenvalue weighted by molar-refractivity contribution is 7.20. The van der Waals surface area contributed by atoms with Gasteiger partial charge in [-0.25, -0.2) is 9.07 Å². The summed E-state index contributed by atoms with van der Waals surface area (Å²) < 4.78 is 31.8. The maximum Gasteiger partial charge on any atom is 0.261 e. The Kier molecular flexibility index (Phi) is 5.46. The zero-order valence-corrected chi connectivity index (χ0v) is 20.0. The summed E-state index contributed by atoms with van der Waals surface area (Å²) in [5.74, 6) is 1.06. The SMILES string of the molecule is Cc1nn(-c2ccc(F)cc2)c2sc(C(=O)NCC3(c4ccc5c(c4)OCO5)CCOCC3)cc12. The third-order valence-electron chi connectivity index (χ3n) is 6.86. The summed E-state index contributed by atoms with van der Waals surface area (Å²) in [6, 6.07) is 14.1. The van der Waals surface area contributed by atoms with Gasteiger partial charge in [0.2, 0.25) is 6.79 Å². The van der Waals surface area contributed by atoms with Crippen molar-refractivity contribution in [2.24, 2.45) is 0 Å². The minimum absolute atomic E-state index is 0.122. The number of fused-ring (bicyclic) bond motifs is 2. The van der Waals surface area contributed by atoms with Crippen molar-refractivity contribution in [1.29, 1.82) is 0 Å². The number of benzene rings is 2. The van der Waals surface area contributed by atoms with Gasteiger partial charge in [-0.3, -0.25) is 4.79 Å². The van der Waals surface area contributed by atoms with Gasteiger partial charge < -0.3 is 19.5 Å². The van der Waals surface area contributed by atoms with Crippen LogP contribution in [0.1, 0.15) is 33.8 Å². The number of nitrogens with zero attached hydrogens (tertiary/aromatic N) is 2. The van der Waals surface area contributed by atoms with Crippen molar-refractivity contribution in [3.63, 3.8) is 0 Å². The average molecular weight is 494 g/mol. The highest BCUT2D eigenvalue weighted by Crippen LogP contribution is 2.41. The minimum atomic E-state index is -0.301. The Bertz CT molecular complexity index is 1410. The first-order chi connectivity index (χ1) is 17.0. The van der Waals surface area contributed by atoms with E-state index in [0.29, 0.717) is 24.6 Å². The van der Waals surface area contributed by atoms with Gasteiger partial charge >= 0.3 is 0 Å². The molecule has 0 aliphatic carbocycles. The van der Waals surface area contributed by atoms with Crippen LogP contribution in [0.2, 0.25) is 0 Å². The summed E-state index contributed by atoms with van der Waals surface area (Å²) in [6.45, 7) is 3.91. The van der Waals surface area contributed by atoms with Crippen LogP contribution in [0.3, 0.4) is 0 Å². The lowest BCUT2D eigenvalue weighted by Crippen LogP contribution is -2.44. The molecule has 0 atom stereocenters. The predicted octanol–water partition coefficient (Wildman–Crippen LogP) is 4.74. The number of carbonyl (C=O) groups is 1. The van der Waals surface area contributed by atoms with E-state index in [4.69, 9.17) is 14.2 Å². The average Bonchev–Trinajstić information content (AvgIpc) is 3.60.